The van der Waals surface area contributed by atoms with Crippen molar-refractivity contribution in [2.75, 3.05) is 19.8 Å². The van der Waals surface area contributed by atoms with E-state index < -0.39 is 18.0 Å². The minimum atomic E-state index is -0.871. The van der Waals surface area contributed by atoms with Crippen LogP contribution in [0.5, 0.6) is 0 Å². The highest BCUT2D eigenvalue weighted by molar-refractivity contribution is 5.79. The van der Waals surface area contributed by atoms with Gasteiger partial charge >= 0.3 is 12.1 Å². The van der Waals surface area contributed by atoms with Gasteiger partial charge in [0.25, 0.3) is 0 Å². The molecule has 186 valence electrons. The van der Waals surface area contributed by atoms with E-state index in [0.717, 1.165) is 11.1 Å². The Morgan fingerprint density at radius 2 is 1.74 bits per heavy atom. The summed E-state index contributed by atoms with van der Waals surface area (Å²) < 4.78 is 11.0. The molecule has 2 aromatic rings. The van der Waals surface area contributed by atoms with E-state index in [2.05, 4.69) is 34.9 Å². The molecule has 2 aromatic carbocycles. The third-order valence-electron chi connectivity index (χ3n) is 6.83. The minimum absolute atomic E-state index is 0.00228. The normalized spacial score (nSPS) is 19.5. The molecule has 1 fully saturated rings. The van der Waals surface area contributed by atoms with Gasteiger partial charge < -0.3 is 25.2 Å². The van der Waals surface area contributed by atoms with E-state index in [4.69, 9.17) is 14.6 Å². The second-order valence-corrected chi connectivity index (χ2v) is 9.14. The molecule has 0 bridgehead atoms. The van der Waals surface area contributed by atoms with Crippen LogP contribution in [-0.2, 0) is 19.1 Å². The molecule has 1 aliphatic carbocycles. The molecule has 0 saturated carbocycles. The summed E-state index contributed by atoms with van der Waals surface area (Å²) in [6.45, 7) is 2.66. The Hall–Kier alpha value is -3.39. The fourth-order valence-electron chi connectivity index (χ4n) is 4.83. The fourth-order valence-corrected chi connectivity index (χ4v) is 4.83. The molecule has 3 atom stereocenters. The molecule has 8 heteroatoms. The predicted molar refractivity (Wildman–Crippen MR) is 130 cm³/mol. The summed E-state index contributed by atoms with van der Waals surface area (Å²) in [5.74, 6) is -1.54. The molecule has 1 aliphatic heterocycles. The number of carboxylic acids is 1. The maximum absolute atomic E-state index is 12.5. The van der Waals surface area contributed by atoms with Gasteiger partial charge in [-0.05, 0) is 41.5 Å². The van der Waals surface area contributed by atoms with Gasteiger partial charge in [0.05, 0.1) is 18.6 Å². The number of nitrogens with one attached hydrogen (secondary N) is 2. The maximum atomic E-state index is 12.5. The quantitative estimate of drug-likeness (QED) is 0.478. The first-order valence-electron chi connectivity index (χ1n) is 12.2. The largest absolute Gasteiger partial charge is 0.481 e. The highest BCUT2D eigenvalue weighted by Crippen LogP contribution is 2.44. The van der Waals surface area contributed by atoms with E-state index in [1.165, 1.54) is 11.1 Å². The third kappa shape index (κ3) is 6.00. The van der Waals surface area contributed by atoms with Gasteiger partial charge in [0.2, 0.25) is 5.91 Å². The van der Waals surface area contributed by atoms with E-state index in [-0.39, 0.29) is 43.6 Å². The van der Waals surface area contributed by atoms with Crippen molar-refractivity contribution in [2.24, 2.45) is 5.92 Å². The molecule has 2 amide bonds. The third-order valence-corrected chi connectivity index (χ3v) is 6.83. The van der Waals surface area contributed by atoms with Crippen LogP contribution < -0.4 is 10.6 Å². The molecule has 3 N–H and O–H groups in total. The average molecular weight is 481 g/mol. The number of hydrogen-bond acceptors (Lipinski definition) is 5. The van der Waals surface area contributed by atoms with Crippen molar-refractivity contribution in [3.05, 3.63) is 59.7 Å². The van der Waals surface area contributed by atoms with Crippen LogP contribution in [0.2, 0.25) is 0 Å². The molecule has 35 heavy (non-hydrogen) atoms. The molecule has 0 spiro atoms. The van der Waals surface area contributed by atoms with Crippen LogP contribution in [0.25, 0.3) is 11.1 Å². The van der Waals surface area contributed by atoms with Crippen molar-refractivity contribution in [3.63, 3.8) is 0 Å². The lowest BCUT2D eigenvalue weighted by Gasteiger charge is -2.19. The first kappa shape index (κ1) is 24.7. The van der Waals surface area contributed by atoms with Crippen molar-refractivity contribution < 1.29 is 29.0 Å². The Bertz CT molecular complexity index is 1030. The molecule has 0 aromatic heterocycles. The van der Waals surface area contributed by atoms with E-state index >= 15 is 0 Å². The number of alkyl carbamates (subject to hydrolysis) is 1. The summed E-state index contributed by atoms with van der Waals surface area (Å²) in [5, 5.41) is 14.7. The van der Waals surface area contributed by atoms with Gasteiger partial charge in [-0.25, -0.2) is 4.79 Å². The van der Waals surface area contributed by atoms with Crippen LogP contribution in [0.15, 0.2) is 48.5 Å². The van der Waals surface area contributed by atoms with E-state index in [0.29, 0.717) is 25.8 Å². The van der Waals surface area contributed by atoms with E-state index in [1.54, 1.807) is 0 Å². The number of ether oxygens (including phenoxy) is 2. The van der Waals surface area contributed by atoms with Crippen LogP contribution >= 0.6 is 0 Å². The highest BCUT2D eigenvalue weighted by Gasteiger charge is 2.31. The predicted octanol–water partition coefficient (Wildman–Crippen LogP) is 3.69. The van der Waals surface area contributed by atoms with Gasteiger partial charge in [0.1, 0.15) is 6.61 Å². The average Bonchev–Trinajstić information content (AvgIpc) is 3.47. The lowest BCUT2D eigenvalue weighted by atomic mass is 9.98. The standard InChI is InChI=1S/C27H32N2O6/c1-2-18(11-12-25(30)28-14-19-13-17(15-34-19)26(31)32)29-27(33)35-16-24-22-9-5-3-7-20(22)21-8-4-6-10-23(21)24/h3-10,17-19,24H,2,11-16H2,1H3,(H,28,30)(H,29,33)(H,31,32)/t17-,18?,19-/m0/s1. The molecule has 0 radical (unpaired) electrons. The summed E-state index contributed by atoms with van der Waals surface area (Å²) in [7, 11) is 0. The molecular weight excluding hydrogens is 448 g/mol. The Morgan fingerprint density at radius 1 is 1.09 bits per heavy atom. The summed E-state index contributed by atoms with van der Waals surface area (Å²) >= 11 is 0. The van der Waals surface area contributed by atoms with Gasteiger partial charge in [-0.3, -0.25) is 9.59 Å². The smallest absolute Gasteiger partial charge is 0.407 e. The zero-order valence-electron chi connectivity index (χ0n) is 19.9. The Labute approximate surface area is 205 Å². The van der Waals surface area contributed by atoms with Gasteiger partial charge in [-0.2, -0.15) is 0 Å². The monoisotopic (exact) mass is 480 g/mol. The first-order chi connectivity index (χ1) is 17.0. The number of carboxylic acid groups (broad SMARTS) is 1. The lowest BCUT2D eigenvalue weighted by molar-refractivity contribution is -0.141. The van der Waals surface area contributed by atoms with Crippen LogP contribution in [0.3, 0.4) is 0 Å². The number of fused-ring (bicyclic) bond motifs is 3. The fraction of sp³-hybridized carbons (Fsp3) is 0.444. The molecule has 1 heterocycles. The Balaban J connectivity index is 1.21. The zero-order valence-corrected chi connectivity index (χ0v) is 19.9. The number of benzene rings is 2. The molecule has 4 rings (SSSR count). The lowest BCUT2D eigenvalue weighted by Crippen LogP contribution is -2.37. The van der Waals surface area contributed by atoms with E-state index in [1.807, 2.05) is 31.2 Å². The molecule has 2 aliphatic rings. The number of hydrogen-bond donors (Lipinski definition) is 3. The second-order valence-electron chi connectivity index (χ2n) is 9.14. The molecule has 8 nitrogen and oxygen atoms in total. The number of rotatable bonds is 10. The summed E-state index contributed by atoms with van der Waals surface area (Å²) in [5.41, 5.74) is 4.67. The zero-order chi connectivity index (χ0) is 24.8. The number of carbonyl (C=O) groups excluding carboxylic acids is 2. The highest BCUT2D eigenvalue weighted by atomic mass is 16.5. The maximum Gasteiger partial charge on any atom is 0.407 e. The number of amides is 2. The summed E-state index contributed by atoms with van der Waals surface area (Å²) in [4.78, 5) is 35.8. The minimum Gasteiger partial charge on any atom is -0.481 e. The summed E-state index contributed by atoms with van der Waals surface area (Å²) in [6.07, 6.45) is 1.03. The molecule has 1 unspecified atom stereocenters. The van der Waals surface area contributed by atoms with Crippen LogP contribution in [-0.4, -0.2) is 55.0 Å². The van der Waals surface area contributed by atoms with Crippen molar-refractivity contribution in [1.82, 2.24) is 10.6 Å². The van der Waals surface area contributed by atoms with Crippen molar-refractivity contribution in [3.8, 4) is 11.1 Å². The van der Waals surface area contributed by atoms with Crippen LogP contribution in [0.1, 0.15) is 49.7 Å². The van der Waals surface area contributed by atoms with Gasteiger partial charge in [0, 0.05) is 24.9 Å². The van der Waals surface area contributed by atoms with Crippen LogP contribution in [0.4, 0.5) is 4.79 Å². The topological polar surface area (TPSA) is 114 Å². The Kier molecular flexibility index (Phi) is 8.02. The van der Waals surface area contributed by atoms with Crippen molar-refractivity contribution in [1.29, 1.82) is 0 Å². The molecule has 1 saturated heterocycles. The number of carbonyl (C=O) groups is 3. The second kappa shape index (κ2) is 11.4. The molecular formula is C27H32N2O6. The van der Waals surface area contributed by atoms with Crippen molar-refractivity contribution >= 4 is 18.0 Å². The Morgan fingerprint density at radius 3 is 2.34 bits per heavy atom. The van der Waals surface area contributed by atoms with E-state index in [9.17, 15) is 14.4 Å². The number of aliphatic carboxylic acids is 1. The first-order valence-corrected chi connectivity index (χ1v) is 12.2. The van der Waals surface area contributed by atoms with Gasteiger partial charge in [-0.15, -0.1) is 0 Å². The SMILES string of the molecule is CCC(CCC(=O)NC[C@@H]1C[C@H](C(=O)O)CO1)NC(=O)OCC1c2ccccc2-c2ccccc21. The van der Waals surface area contributed by atoms with Crippen molar-refractivity contribution in [2.45, 2.75) is 50.7 Å². The van der Waals surface area contributed by atoms with Gasteiger partial charge in [0.15, 0.2) is 0 Å². The van der Waals surface area contributed by atoms with Gasteiger partial charge in [-0.1, -0.05) is 55.5 Å². The van der Waals surface area contributed by atoms with Crippen LogP contribution in [0, 0.1) is 5.92 Å². The summed E-state index contributed by atoms with van der Waals surface area (Å²) in [6, 6.07) is 16.2.